The Kier molecular flexibility index (Phi) is 17.5. The van der Waals surface area contributed by atoms with Crippen molar-refractivity contribution in [3.63, 3.8) is 0 Å². The highest BCUT2D eigenvalue weighted by atomic mass is 16.5. The van der Waals surface area contributed by atoms with Crippen LogP contribution in [0.25, 0.3) is 0 Å². The van der Waals surface area contributed by atoms with Crippen molar-refractivity contribution in [2.24, 2.45) is 17.8 Å². The molecule has 13 heteroatoms. The molecule has 0 saturated heterocycles. The van der Waals surface area contributed by atoms with Gasteiger partial charge in [0, 0.05) is 38.3 Å². The van der Waals surface area contributed by atoms with Crippen LogP contribution in [0.1, 0.15) is 110 Å². The number of hydrogen-bond acceptors (Lipinski definition) is 7. The van der Waals surface area contributed by atoms with Gasteiger partial charge in [-0.05, 0) is 57.3 Å². The summed E-state index contributed by atoms with van der Waals surface area (Å²) in [5.41, 5.74) is 0.280. The molecule has 0 spiro atoms. The number of carbonyl (C=O) groups is 5. The quantitative estimate of drug-likeness (QED) is 0.110. The average molecular weight is 688 g/mol. The molecule has 0 aliphatic heterocycles. The molecule has 1 aromatic rings. The molecule has 1 aliphatic carbocycles. The van der Waals surface area contributed by atoms with Gasteiger partial charge in [-0.1, -0.05) is 60.3 Å². The van der Waals surface area contributed by atoms with Gasteiger partial charge in [-0.25, -0.2) is 0 Å². The number of rotatable bonds is 19. The van der Waals surface area contributed by atoms with Crippen molar-refractivity contribution >= 4 is 29.5 Å². The maximum atomic E-state index is 14.2. The van der Waals surface area contributed by atoms with Gasteiger partial charge in [0.2, 0.25) is 23.6 Å². The summed E-state index contributed by atoms with van der Waals surface area (Å²) in [5.74, 6) is -1.53. The van der Waals surface area contributed by atoms with Crippen LogP contribution in [0.4, 0.5) is 0 Å². The molecule has 49 heavy (non-hydrogen) atoms. The van der Waals surface area contributed by atoms with E-state index in [2.05, 4.69) is 40.4 Å². The standard InChI is InChI=1S/C36H61N7O6/c1-9-14-29(42(8)36(48)31(26-15-12-11-13-16-26)41-33(45)27-17-19-43(49)20-18-27)34(46)39-28(21-23(3)4)22-38-25(7)32(44)40-30(24(5)6)35(47)37-10-2/h17-20,23-26,28-31,38H,9-16,21-22H2,1-8H3,(H,37,47)(H,39,46)(H,40,44)(H,41,45)/t25-,28-,29-,30-,31-/m0/s1. The molecule has 1 fully saturated rings. The molecule has 5 amide bonds. The van der Waals surface area contributed by atoms with Gasteiger partial charge in [-0.15, -0.1) is 0 Å². The summed E-state index contributed by atoms with van der Waals surface area (Å²) in [6, 6.07) is -0.360. The largest absolute Gasteiger partial charge is 0.619 e. The SMILES string of the molecule is CCC[C@@H](C(=O)N[C@H](CN[C@@H](C)C(=O)N[C@H](C(=O)NCC)C(C)C)CC(C)C)N(C)C(=O)[C@@H](NC(=O)c1cc[n+]([O-])cc1)C1CCCCC1. The van der Waals surface area contributed by atoms with Gasteiger partial charge < -0.3 is 36.7 Å². The molecule has 1 aromatic heterocycles. The molecule has 1 aliphatic rings. The van der Waals surface area contributed by atoms with Crippen molar-refractivity contribution in [3.05, 3.63) is 35.3 Å². The third-order valence-electron chi connectivity index (χ3n) is 9.18. The molecule has 13 nitrogen and oxygen atoms in total. The van der Waals surface area contributed by atoms with E-state index in [1.165, 1.54) is 29.4 Å². The Bertz CT molecular complexity index is 1220. The molecule has 0 bridgehead atoms. The normalized spacial score (nSPS) is 16.6. The Labute approximate surface area is 292 Å². The van der Waals surface area contributed by atoms with Gasteiger partial charge in [0.25, 0.3) is 5.91 Å². The third kappa shape index (κ3) is 13.2. The smallest absolute Gasteiger partial charge is 0.252 e. The summed E-state index contributed by atoms with van der Waals surface area (Å²) in [4.78, 5) is 68.3. The highest BCUT2D eigenvalue weighted by Crippen LogP contribution is 2.28. The van der Waals surface area contributed by atoms with Gasteiger partial charge in [-0.2, -0.15) is 4.73 Å². The second kappa shape index (κ2) is 20.7. The lowest BCUT2D eigenvalue weighted by Gasteiger charge is -2.36. The van der Waals surface area contributed by atoms with Crippen LogP contribution in [-0.2, 0) is 19.2 Å². The Morgan fingerprint density at radius 3 is 2.08 bits per heavy atom. The van der Waals surface area contributed by atoms with E-state index in [-0.39, 0.29) is 53.0 Å². The molecule has 2 rings (SSSR count). The fraction of sp³-hybridized carbons (Fsp3) is 0.722. The second-order valence-corrected chi connectivity index (χ2v) is 14.1. The average Bonchev–Trinajstić information content (AvgIpc) is 3.06. The van der Waals surface area contributed by atoms with E-state index < -0.39 is 30.1 Å². The lowest BCUT2D eigenvalue weighted by Crippen LogP contribution is -2.58. The number of carbonyl (C=O) groups excluding carboxylic acids is 5. The number of hydrogen-bond donors (Lipinski definition) is 5. The van der Waals surface area contributed by atoms with Crippen LogP contribution >= 0.6 is 0 Å². The number of pyridine rings is 1. The minimum Gasteiger partial charge on any atom is -0.619 e. The van der Waals surface area contributed by atoms with E-state index in [0.717, 1.165) is 32.1 Å². The van der Waals surface area contributed by atoms with Crippen molar-refractivity contribution < 1.29 is 28.7 Å². The first kappa shape index (κ1) is 41.4. The molecule has 276 valence electrons. The maximum Gasteiger partial charge on any atom is 0.252 e. The highest BCUT2D eigenvalue weighted by Gasteiger charge is 2.37. The van der Waals surface area contributed by atoms with Crippen LogP contribution in [0, 0.1) is 23.0 Å². The van der Waals surface area contributed by atoms with E-state index >= 15 is 0 Å². The summed E-state index contributed by atoms with van der Waals surface area (Å²) >= 11 is 0. The van der Waals surface area contributed by atoms with Crippen LogP contribution in [0.15, 0.2) is 24.5 Å². The highest BCUT2D eigenvalue weighted by molar-refractivity contribution is 5.98. The van der Waals surface area contributed by atoms with Crippen molar-refractivity contribution in [1.82, 2.24) is 31.5 Å². The number of nitrogens with zero attached hydrogens (tertiary/aromatic N) is 2. The fourth-order valence-corrected chi connectivity index (χ4v) is 6.35. The van der Waals surface area contributed by atoms with E-state index in [9.17, 15) is 29.2 Å². The summed E-state index contributed by atoms with van der Waals surface area (Å²) < 4.78 is 0.594. The van der Waals surface area contributed by atoms with E-state index in [4.69, 9.17) is 0 Å². The first-order chi connectivity index (χ1) is 23.2. The Morgan fingerprint density at radius 2 is 1.53 bits per heavy atom. The van der Waals surface area contributed by atoms with Crippen LogP contribution in [-0.4, -0.2) is 84.8 Å². The van der Waals surface area contributed by atoms with E-state index in [1.54, 1.807) is 14.0 Å². The van der Waals surface area contributed by atoms with E-state index in [0.29, 0.717) is 37.1 Å². The molecule has 0 unspecified atom stereocenters. The zero-order valence-electron chi connectivity index (χ0n) is 30.8. The zero-order valence-corrected chi connectivity index (χ0v) is 30.8. The summed E-state index contributed by atoms with van der Waals surface area (Å²) in [6.45, 7) is 14.1. The van der Waals surface area contributed by atoms with Crippen LogP contribution < -0.4 is 31.3 Å². The lowest BCUT2D eigenvalue weighted by atomic mass is 9.83. The summed E-state index contributed by atoms with van der Waals surface area (Å²) in [7, 11) is 1.62. The van der Waals surface area contributed by atoms with Gasteiger partial charge in [0.05, 0.1) is 11.6 Å². The molecule has 1 saturated carbocycles. The van der Waals surface area contributed by atoms with Crippen LogP contribution in [0.2, 0.25) is 0 Å². The monoisotopic (exact) mass is 687 g/mol. The molecule has 0 radical (unpaired) electrons. The first-order valence-corrected chi connectivity index (χ1v) is 18.1. The summed E-state index contributed by atoms with van der Waals surface area (Å²) in [5, 5.41) is 26.4. The fourth-order valence-electron chi connectivity index (χ4n) is 6.35. The van der Waals surface area contributed by atoms with Gasteiger partial charge in [0.1, 0.15) is 18.1 Å². The number of aromatic nitrogens is 1. The molecule has 1 heterocycles. The zero-order chi connectivity index (χ0) is 36.7. The summed E-state index contributed by atoms with van der Waals surface area (Å²) in [6.07, 6.45) is 8.77. The van der Waals surface area contributed by atoms with Crippen molar-refractivity contribution in [1.29, 1.82) is 0 Å². The molecule has 0 aromatic carbocycles. The van der Waals surface area contributed by atoms with Gasteiger partial charge in [-0.3, -0.25) is 24.0 Å². The first-order valence-electron chi connectivity index (χ1n) is 18.1. The van der Waals surface area contributed by atoms with Crippen LogP contribution in [0.5, 0.6) is 0 Å². The molecular weight excluding hydrogens is 626 g/mol. The minimum absolute atomic E-state index is 0.0694. The molecule has 5 atom stereocenters. The minimum atomic E-state index is -0.814. The Morgan fingerprint density at radius 1 is 0.898 bits per heavy atom. The second-order valence-electron chi connectivity index (χ2n) is 14.1. The lowest BCUT2D eigenvalue weighted by molar-refractivity contribution is -0.605. The predicted octanol–water partition coefficient (Wildman–Crippen LogP) is 2.41. The van der Waals surface area contributed by atoms with E-state index in [1.807, 2.05) is 27.7 Å². The predicted molar refractivity (Wildman–Crippen MR) is 189 cm³/mol. The van der Waals surface area contributed by atoms with Crippen molar-refractivity contribution in [3.8, 4) is 0 Å². The van der Waals surface area contributed by atoms with Crippen molar-refractivity contribution in [2.45, 2.75) is 130 Å². The van der Waals surface area contributed by atoms with Gasteiger partial charge in [0.15, 0.2) is 12.4 Å². The Balaban J connectivity index is 2.18. The number of likely N-dealkylation sites (N-methyl/N-ethyl adjacent to an activating group) is 2. The topological polar surface area (TPSA) is 176 Å². The maximum absolute atomic E-state index is 14.2. The third-order valence-corrected chi connectivity index (χ3v) is 9.18. The Hall–Kier alpha value is -3.74. The van der Waals surface area contributed by atoms with Gasteiger partial charge >= 0.3 is 0 Å². The molecular formula is C36H61N7O6. The van der Waals surface area contributed by atoms with Crippen LogP contribution in [0.3, 0.4) is 0 Å². The van der Waals surface area contributed by atoms with Crippen molar-refractivity contribution in [2.75, 3.05) is 20.1 Å². The number of amides is 5. The number of nitrogens with one attached hydrogen (secondary N) is 5. The molecule has 5 N–H and O–H groups in total.